The van der Waals surface area contributed by atoms with Crippen molar-refractivity contribution in [2.24, 2.45) is 0 Å². The molecule has 2 aromatic rings. The second-order valence-corrected chi connectivity index (χ2v) is 4.35. The number of aromatic nitrogens is 2. The van der Waals surface area contributed by atoms with Gasteiger partial charge in [-0.15, -0.1) is 0 Å². The Kier molecular flexibility index (Phi) is 3.79. The Morgan fingerprint density at radius 2 is 2.26 bits per heavy atom. The van der Waals surface area contributed by atoms with Gasteiger partial charge in [-0.3, -0.25) is 9.59 Å². The van der Waals surface area contributed by atoms with Crippen LogP contribution >= 0.6 is 0 Å². The molecule has 0 saturated heterocycles. The van der Waals surface area contributed by atoms with Crippen molar-refractivity contribution in [1.29, 1.82) is 0 Å². The lowest BCUT2D eigenvalue weighted by atomic mass is 10.3. The molecule has 0 radical (unpaired) electrons. The number of carbonyl (C=O) groups excluding carboxylic acids is 1. The van der Waals surface area contributed by atoms with Crippen LogP contribution in [0.25, 0.3) is 5.65 Å². The van der Waals surface area contributed by atoms with Crippen molar-refractivity contribution >= 4 is 17.5 Å². The first-order valence-corrected chi connectivity index (χ1v) is 6.01. The summed E-state index contributed by atoms with van der Waals surface area (Å²) >= 11 is 0. The quantitative estimate of drug-likeness (QED) is 0.793. The zero-order chi connectivity index (χ0) is 13.8. The number of nitrogens with zero attached hydrogens (tertiary/aromatic N) is 2. The number of aliphatic carboxylic acids is 1. The molecular formula is C13H15N3O3. The molecule has 19 heavy (non-hydrogen) atoms. The van der Waals surface area contributed by atoms with Gasteiger partial charge >= 0.3 is 5.97 Å². The molecule has 100 valence electrons. The highest BCUT2D eigenvalue weighted by atomic mass is 16.4. The minimum atomic E-state index is -0.863. The predicted octanol–water partition coefficient (Wildman–Crippen LogP) is 1.24. The summed E-state index contributed by atoms with van der Waals surface area (Å²) in [6.45, 7) is 2.29. The van der Waals surface area contributed by atoms with Gasteiger partial charge in [0.25, 0.3) is 5.91 Å². The van der Waals surface area contributed by atoms with Crippen LogP contribution in [-0.4, -0.2) is 32.9 Å². The molecule has 0 bridgehead atoms. The van der Waals surface area contributed by atoms with E-state index in [0.29, 0.717) is 18.7 Å². The molecular weight excluding hydrogens is 246 g/mol. The smallest absolute Gasteiger partial charge is 0.303 e. The highest BCUT2D eigenvalue weighted by Crippen LogP contribution is 2.07. The summed E-state index contributed by atoms with van der Waals surface area (Å²) < 4.78 is 1.78. The molecule has 6 heteroatoms. The van der Waals surface area contributed by atoms with E-state index in [4.69, 9.17) is 5.11 Å². The minimum Gasteiger partial charge on any atom is -0.481 e. The van der Waals surface area contributed by atoms with Gasteiger partial charge in [-0.25, -0.2) is 4.98 Å². The van der Waals surface area contributed by atoms with Crippen LogP contribution in [0, 0.1) is 6.92 Å². The number of nitrogens with one attached hydrogen (secondary N) is 1. The van der Waals surface area contributed by atoms with Gasteiger partial charge in [0, 0.05) is 25.4 Å². The fourth-order valence-corrected chi connectivity index (χ4v) is 1.73. The van der Waals surface area contributed by atoms with E-state index >= 15 is 0 Å². The summed E-state index contributed by atoms with van der Waals surface area (Å²) in [5.74, 6) is -1.15. The van der Waals surface area contributed by atoms with Crippen molar-refractivity contribution in [3.05, 3.63) is 35.8 Å². The summed E-state index contributed by atoms with van der Waals surface area (Å²) in [6, 6.07) is 3.82. The number of pyridine rings is 1. The standard InChI is InChI=1S/C13H15N3O3/c1-9-4-6-16-8-10(15-11(16)7-9)13(19)14-5-2-3-12(17)18/h4,6-8H,2-3,5H2,1H3,(H,14,19)(H,17,18). The molecule has 0 aromatic carbocycles. The Bertz CT molecular complexity index is 619. The Hall–Kier alpha value is -2.37. The number of fused-ring (bicyclic) bond motifs is 1. The first-order valence-electron chi connectivity index (χ1n) is 6.01. The fourth-order valence-electron chi connectivity index (χ4n) is 1.73. The average Bonchev–Trinajstić information content (AvgIpc) is 2.77. The van der Waals surface area contributed by atoms with Crippen molar-refractivity contribution < 1.29 is 14.7 Å². The van der Waals surface area contributed by atoms with E-state index in [0.717, 1.165) is 11.2 Å². The van der Waals surface area contributed by atoms with Gasteiger partial charge in [0.2, 0.25) is 0 Å². The number of carboxylic acid groups (broad SMARTS) is 1. The lowest BCUT2D eigenvalue weighted by molar-refractivity contribution is -0.137. The lowest BCUT2D eigenvalue weighted by Crippen LogP contribution is -2.25. The molecule has 0 spiro atoms. The van der Waals surface area contributed by atoms with Crippen LogP contribution in [0.15, 0.2) is 24.5 Å². The number of hydrogen-bond acceptors (Lipinski definition) is 3. The maximum absolute atomic E-state index is 11.8. The lowest BCUT2D eigenvalue weighted by Gasteiger charge is -2.00. The Labute approximate surface area is 110 Å². The van der Waals surface area contributed by atoms with Crippen LogP contribution in [0.2, 0.25) is 0 Å². The van der Waals surface area contributed by atoms with E-state index in [9.17, 15) is 9.59 Å². The van der Waals surface area contributed by atoms with Crippen molar-refractivity contribution in [3.8, 4) is 0 Å². The van der Waals surface area contributed by atoms with Crippen LogP contribution in [0.1, 0.15) is 28.9 Å². The molecule has 0 aliphatic rings. The number of hydrogen-bond donors (Lipinski definition) is 2. The van der Waals surface area contributed by atoms with Gasteiger partial charge in [0.1, 0.15) is 11.3 Å². The molecule has 0 fully saturated rings. The Morgan fingerprint density at radius 3 is 3.00 bits per heavy atom. The molecule has 2 rings (SSSR count). The molecule has 2 heterocycles. The molecule has 0 unspecified atom stereocenters. The third-order valence-corrected chi connectivity index (χ3v) is 2.70. The van der Waals surface area contributed by atoms with Crippen molar-refractivity contribution in [3.63, 3.8) is 0 Å². The SMILES string of the molecule is Cc1ccn2cc(C(=O)NCCCC(=O)O)nc2c1. The summed E-state index contributed by atoms with van der Waals surface area (Å²) in [5.41, 5.74) is 2.13. The zero-order valence-electron chi connectivity index (χ0n) is 10.6. The van der Waals surface area contributed by atoms with Crippen LogP contribution < -0.4 is 5.32 Å². The van der Waals surface area contributed by atoms with E-state index in [1.54, 1.807) is 10.6 Å². The summed E-state index contributed by atoms with van der Waals surface area (Å²) in [6.07, 6.45) is 3.96. The summed E-state index contributed by atoms with van der Waals surface area (Å²) in [4.78, 5) is 26.4. The Morgan fingerprint density at radius 1 is 1.47 bits per heavy atom. The van der Waals surface area contributed by atoms with Crippen LogP contribution in [0.5, 0.6) is 0 Å². The van der Waals surface area contributed by atoms with E-state index in [2.05, 4.69) is 10.3 Å². The molecule has 0 aliphatic heterocycles. The minimum absolute atomic E-state index is 0.0463. The number of rotatable bonds is 5. The van der Waals surface area contributed by atoms with Crippen LogP contribution in [0.3, 0.4) is 0 Å². The van der Waals surface area contributed by atoms with Gasteiger partial charge in [0.15, 0.2) is 0 Å². The summed E-state index contributed by atoms with van der Waals surface area (Å²) in [5, 5.41) is 11.1. The van der Waals surface area contributed by atoms with Crippen molar-refractivity contribution in [2.45, 2.75) is 19.8 Å². The second kappa shape index (κ2) is 5.51. The molecule has 0 atom stereocenters. The third-order valence-electron chi connectivity index (χ3n) is 2.70. The van der Waals surface area contributed by atoms with E-state index in [-0.39, 0.29) is 12.3 Å². The van der Waals surface area contributed by atoms with Gasteiger partial charge in [-0.05, 0) is 31.0 Å². The number of carbonyl (C=O) groups is 2. The zero-order valence-corrected chi connectivity index (χ0v) is 10.6. The summed E-state index contributed by atoms with van der Waals surface area (Å²) in [7, 11) is 0. The molecule has 2 N–H and O–H groups in total. The number of carboxylic acids is 1. The molecule has 0 aliphatic carbocycles. The van der Waals surface area contributed by atoms with Gasteiger partial charge in [-0.2, -0.15) is 0 Å². The van der Waals surface area contributed by atoms with Crippen LogP contribution in [-0.2, 0) is 4.79 Å². The third kappa shape index (κ3) is 3.31. The van der Waals surface area contributed by atoms with E-state index in [1.165, 1.54) is 0 Å². The van der Waals surface area contributed by atoms with Gasteiger partial charge < -0.3 is 14.8 Å². The van der Waals surface area contributed by atoms with Crippen LogP contribution in [0.4, 0.5) is 0 Å². The topological polar surface area (TPSA) is 83.7 Å². The highest BCUT2D eigenvalue weighted by Gasteiger charge is 2.10. The fraction of sp³-hybridized carbons (Fsp3) is 0.308. The Balaban J connectivity index is 1.99. The number of aryl methyl sites for hydroxylation is 1. The predicted molar refractivity (Wildman–Crippen MR) is 69.1 cm³/mol. The first-order chi connectivity index (χ1) is 9.06. The molecule has 1 amide bonds. The van der Waals surface area contributed by atoms with Gasteiger partial charge in [0.05, 0.1) is 0 Å². The number of imidazole rings is 1. The maximum Gasteiger partial charge on any atom is 0.303 e. The monoisotopic (exact) mass is 261 g/mol. The normalized spacial score (nSPS) is 10.6. The first kappa shape index (κ1) is 13.1. The number of amides is 1. The van der Waals surface area contributed by atoms with E-state index < -0.39 is 5.97 Å². The molecule has 2 aromatic heterocycles. The van der Waals surface area contributed by atoms with Gasteiger partial charge in [-0.1, -0.05) is 0 Å². The second-order valence-electron chi connectivity index (χ2n) is 4.35. The van der Waals surface area contributed by atoms with Crippen molar-refractivity contribution in [1.82, 2.24) is 14.7 Å². The molecule has 6 nitrogen and oxygen atoms in total. The van der Waals surface area contributed by atoms with E-state index in [1.807, 2.05) is 25.3 Å². The average molecular weight is 261 g/mol. The highest BCUT2D eigenvalue weighted by molar-refractivity contribution is 5.92. The largest absolute Gasteiger partial charge is 0.481 e. The maximum atomic E-state index is 11.8. The molecule has 0 saturated carbocycles. The van der Waals surface area contributed by atoms with Crippen molar-refractivity contribution in [2.75, 3.05) is 6.54 Å².